The molecule has 1 N–H and O–H groups in total. The molecule has 3 rings (SSSR count). The minimum absolute atomic E-state index is 0.232. The Labute approximate surface area is 185 Å². The van der Waals surface area contributed by atoms with Crippen LogP contribution in [-0.2, 0) is 11.2 Å². The van der Waals surface area contributed by atoms with E-state index in [1.807, 2.05) is 76.2 Å². The second-order valence-electron chi connectivity index (χ2n) is 8.31. The van der Waals surface area contributed by atoms with E-state index in [2.05, 4.69) is 26.2 Å². The lowest BCUT2D eigenvalue weighted by Gasteiger charge is -2.24. The lowest BCUT2D eigenvalue weighted by molar-refractivity contribution is 0.0607. The lowest BCUT2D eigenvalue weighted by atomic mass is 10.1. The van der Waals surface area contributed by atoms with E-state index in [1.165, 1.54) is 0 Å². The maximum atomic E-state index is 12.4. The highest BCUT2D eigenvalue weighted by atomic mass is 79.9. The van der Waals surface area contributed by atoms with Crippen molar-refractivity contribution in [2.24, 2.45) is 0 Å². The van der Waals surface area contributed by atoms with Gasteiger partial charge in [0.2, 0.25) is 0 Å². The predicted molar refractivity (Wildman–Crippen MR) is 123 cm³/mol. The lowest BCUT2D eigenvalue weighted by Crippen LogP contribution is -2.43. The summed E-state index contributed by atoms with van der Waals surface area (Å²) in [5.74, 6) is 0.700. The number of amides is 1. The van der Waals surface area contributed by atoms with Crippen LogP contribution in [0.4, 0.5) is 4.79 Å². The van der Waals surface area contributed by atoms with Gasteiger partial charge in [-0.05, 0) is 73.0 Å². The van der Waals surface area contributed by atoms with Gasteiger partial charge in [0.1, 0.15) is 18.5 Å². The molecular weight excluding hydrogens is 444 g/mol. The van der Waals surface area contributed by atoms with Crippen LogP contribution < -0.4 is 10.1 Å². The molecule has 3 aromatic rings. The van der Waals surface area contributed by atoms with Gasteiger partial charge >= 0.3 is 6.09 Å². The first-order valence-electron chi connectivity index (χ1n) is 9.92. The summed E-state index contributed by atoms with van der Waals surface area (Å²) in [5.41, 5.74) is 2.65. The Morgan fingerprint density at radius 2 is 1.90 bits per heavy atom. The van der Waals surface area contributed by atoms with Crippen molar-refractivity contribution in [3.63, 3.8) is 0 Å². The smallest absolute Gasteiger partial charge is 0.407 e. The molecule has 1 amide bonds. The number of carbonyl (C=O) groups is 1. The maximum Gasteiger partial charge on any atom is 0.407 e. The van der Waals surface area contributed by atoms with Crippen molar-refractivity contribution in [2.45, 2.75) is 45.8 Å². The van der Waals surface area contributed by atoms with Crippen molar-refractivity contribution >= 4 is 32.9 Å². The van der Waals surface area contributed by atoms with Crippen molar-refractivity contribution < 1.29 is 14.3 Å². The number of carbonyl (C=O) groups excluding carboxylic acids is 1. The number of alkyl carbamates (subject to hydrolysis) is 1. The first kappa shape index (κ1) is 22.1. The fraction of sp³-hybridized carbons (Fsp3) is 0.333. The summed E-state index contributed by atoms with van der Waals surface area (Å²) < 4.78 is 12.7. The van der Waals surface area contributed by atoms with E-state index in [9.17, 15) is 4.79 Å². The number of pyridine rings is 1. The van der Waals surface area contributed by atoms with Crippen molar-refractivity contribution in [1.82, 2.24) is 10.3 Å². The highest BCUT2D eigenvalue weighted by molar-refractivity contribution is 9.10. The summed E-state index contributed by atoms with van der Waals surface area (Å²) in [4.78, 5) is 16.8. The molecule has 0 unspecified atom stereocenters. The molecule has 0 spiro atoms. The number of ether oxygens (including phenoxy) is 2. The molecule has 158 valence electrons. The van der Waals surface area contributed by atoms with Gasteiger partial charge in [-0.25, -0.2) is 4.79 Å². The van der Waals surface area contributed by atoms with Crippen molar-refractivity contribution in [1.29, 1.82) is 0 Å². The molecule has 0 bridgehead atoms. The largest absolute Gasteiger partial charge is 0.488 e. The zero-order valence-corrected chi connectivity index (χ0v) is 19.3. The van der Waals surface area contributed by atoms with Gasteiger partial charge in [0.05, 0.1) is 9.99 Å². The average molecular weight is 471 g/mol. The zero-order chi connectivity index (χ0) is 21.7. The van der Waals surface area contributed by atoms with E-state index >= 15 is 0 Å². The number of benzene rings is 2. The third-order valence-electron chi connectivity index (χ3n) is 4.46. The topological polar surface area (TPSA) is 60.5 Å². The van der Waals surface area contributed by atoms with E-state index in [0.29, 0.717) is 12.2 Å². The maximum absolute atomic E-state index is 12.4. The van der Waals surface area contributed by atoms with E-state index in [1.54, 1.807) is 6.20 Å². The number of aromatic nitrogens is 1. The van der Waals surface area contributed by atoms with Gasteiger partial charge in [0.25, 0.3) is 0 Å². The minimum Gasteiger partial charge on any atom is -0.488 e. The normalized spacial score (nSPS) is 12.4. The molecular formula is C24H27BrN2O3. The number of hydrogen-bond donors (Lipinski definition) is 1. The Morgan fingerprint density at radius 1 is 1.17 bits per heavy atom. The van der Waals surface area contributed by atoms with Crippen LogP contribution in [0, 0.1) is 6.92 Å². The highest BCUT2D eigenvalue weighted by Crippen LogP contribution is 2.34. The van der Waals surface area contributed by atoms with Crippen molar-refractivity contribution in [3.8, 4) is 5.75 Å². The van der Waals surface area contributed by atoms with Crippen LogP contribution in [0.2, 0.25) is 0 Å². The van der Waals surface area contributed by atoms with E-state index < -0.39 is 12.2 Å². The molecule has 0 saturated carbocycles. The molecule has 0 aliphatic heterocycles. The van der Waals surface area contributed by atoms with E-state index in [4.69, 9.17) is 9.47 Å². The van der Waals surface area contributed by atoms with Gasteiger partial charge in [0, 0.05) is 23.5 Å². The predicted octanol–water partition coefficient (Wildman–Crippen LogP) is 5.82. The Morgan fingerprint density at radius 3 is 2.60 bits per heavy atom. The molecule has 5 nitrogen and oxygen atoms in total. The zero-order valence-electron chi connectivity index (χ0n) is 17.7. The summed E-state index contributed by atoms with van der Waals surface area (Å²) in [6.45, 7) is 7.99. The van der Waals surface area contributed by atoms with E-state index in [-0.39, 0.29) is 12.1 Å². The van der Waals surface area contributed by atoms with Gasteiger partial charge < -0.3 is 14.8 Å². The molecule has 1 aromatic heterocycles. The summed E-state index contributed by atoms with van der Waals surface area (Å²) >= 11 is 3.64. The van der Waals surface area contributed by atoms with Gasteiger partial charge in [-0.3, -0.25) is 4.98 Å². The van der Waals surface area contributed by atoms with Crippen LogP contribution in [-0.4, -0.2) is 29.3 Å². The number of rotatable bonds is 6. The van der Waals surface area contributed by atoms with E-state index in [0.717, 1.165) is 26.5 Å². The first-order valence-corrected chi connectivity index (χ1v) is 10.7. The van der Waals surface area contributed by atoms with Crippen LogP contribution in [0.5, 0.6) is 5.75 Å². The fourth-order valence-corrected chi connectivity index (χ4v) is 3.69. The average Bonchev–Trinajstić information content (AvgIpc) is 2.69. The van der Waals surface area contributed by atoms with Gasteiger partial charge in [-0.15, -0.1) is 0 Å². The SMILES string of the molecule is Cc1cc(OC[C@@H](Cc2ccccc2)OC(=O)NC(C)(C)C)c(Br)c2cccnc12. The molecule has 0 aliphatic carbocycles. The summed E-state index contributed by atoms with van der Waals surface area (Å²) in [6, 6.07) is 15.8. The van der Waals surface area contributed by atoms with Gasteiger partial charge in [-0.2, -0.15) is 0 Å². The number of halogens is 1. The molecule has 30 heavy (non-hydrogen) atoms. The Balaban J connectivity index is 1.78. The quantitative estimate of drug-likeness (QED) is 0.492. The number of fused-ring (bicyclic) bond motifs is 1. The van der Waals surface area contributed by atoms with Crippen LogP contribution >= 0.6 is 15.9 Å². The van der Waals surface area contributed by atoms with Gasteiger partial charge in [-0.1, -0.05) is 30.3 Å². The first-order chi connectivity index (χ1) is 14.2. The number of nitrogens with one attached hydrogen (secondary N) is 1. The number of hydrogen-bond acceptors (Lipinski definition) is 4. The summed E-state index contributed by atoms with van der Waals surface area (Å²) in [5, 5.41) is 3.83. The van der Waals surface area contributed by atoms with Crippen molar-refractivity contribution in [2.75, 3.05) is 6.61 Å². The van der Waals surface area contributed by atoms with Gasteiger partial charge in [0.15, 0.2) is 0 Å². The molecule has 1 heterocycles. The Bertz CT molecular complexity index is 1020. The van der Waals surface area contributed by atoms with Crippen LogP contribution in [0.25, 0.3) is 10.9 Å². The standard InChI is InChI=1S/C24H27BrN2O3/c1-16-13-20(21(25)19-11-8-12-26-22(16)19)29-15-18(14-17-9-6-5-7-10-17)30-23(28)27-24(2,3)4/h5-13,18H,14-15H2,1-4H3,(H,27,28)/t18-/m1/s1. The minimum atomic E-state index is -0.454. The molecule has 0 radical (unpaired) electrons. The molecule has 0 aliphatic rings. The third-order valence-corrected chi connectivity index (χ3v) is 5.28. The van der Waals surface area contributed by atoms with Crippen LogP contribution in [0.3, 0.4) is 0 Å². The summed E-state index contributed by atoms with van der Waals surface area (Å²) in [6.07, 6.45) is 1.45. The number of nitrogens with zero attached hydrogens (tertiary/aromatic N) is 1. The number of aryl methyl sites for hydroxylation is 1. The Kier molecular flexibility index (Phi) is 6.98. The molecule has 0 saturated heterocycles. The molecule has 2 aromatic carbocycles. The molecule has 6 heteroatoms. The third kappa shape index (κ3) is 5.95. The Hall–Kier alpha value is -2.60. The highest BCUT2D eigenvalue weighted by Gasteiger charge is 2.21. The van der Waals surface area contributed by atoms with Crippen LogP contribution in [0.15, 0.2) is 59.2 Å². The monoisotopic (exact) mass is 470 g/mol. The van der Waals surface area contributed by atoms with Crippen molar-refractivity contribution in [3.05, 3.63) is 70.3 Å². The fourth-order valence-electron chi connectivity index (χ4n) is 3.14. The summed E-state index contributed by atoms with van der Waals surface area (Å²) in [7, 11) is 0. The second kappa shape index (κ2) is 9.47. The van der Waals surface area contributed by atoms with Crippen LogP contribution in [0.1, 0.15) is 31.9 Å². The molecule has 1 atom stereocenters. The second-order valence-corrected chi connectivity index (χ2v) is 9.10. The molecule has 0 fully saturated rings.